The zero-order valence-corrected chi connectivity index (χ0v) is 39.3. The van der Waals surface area contributed by atoms with Crippen LogP contribution >= 0.6 is 0 Å². The second kappa shape index (κ2) is 32.4. The Morgan fingerprint density at radius 2 is 1.05 bits per heavy atom. The molecule has 0 saturated heterocycles. The predicted octanol–water partition coefficient (Wildman–Crippen LogP) is 1.82. The number of aliphatic hydroxyl groups excluding tert-OH is 11. The van der Waals surface area contributed by atoms with Gasteiger partial charge in [-0.3, -0.25) is 19.3 Å². The van der Waals surface area contributed by atoms with Crippen LogP contribution in [-0.2, 0) is 25.5 Å². The second-order valence-electron chi connectivity index (χ2n) is 18.7. The SMILES string of the molecule is COC1=CC(=O)N(C(=O)/C=C(/C)CC(C)CCCCCCC[C@H](O)C[C@@H](O)C[C@@H](O)C[C@@H](O)C[C@@H](O)C[C@@H](O)C[C@@H](O)C[C@@H](O)C[C@@H](O)C[C@@H](O)C[C@H](O)CNC=O)[C@H]1Cc1ccccc1. The number of hydrogen-bond acceptors (Lipinski definition) is 15. The van der Waals surface area contributed by atoms with Gasteiger partial charge in [0.15, 0.2) is 0 Å². The van der Waals surface area contributed by atoms with Gasteiger partial charge in [0.05, 0.1) is 74.3 Å². The summed E-state index contributed by atoms with van der Waals surface area (Å²) in [5, 5.41) is 115. The van der Waals surface area contributed by atoms with Crippen LogP contribution in [0.3, 0.4) is 0 Å². The van der Waals surface area contributed by atoms with E-state index in [2.05, 4.69) is 12.2 Å². The van der Waals surface area contributed by atoms with E-state index in [0.717, 1.165) is 56.1 Å². The van der Waals surface area contributed by atoms with Crippen LogP contribution in [0.1, 0.15) is 135 Å². The van der Waals surface area contributed by atoms with E-state index in [-0.39, 0.29) is 82.6 Å². The van der Waals surface area contributed by atoms with Crippen molar-refractivity contribution in [3.8, 4) is 0 Å². The molecule has 0 radical (unpaired) electrons. The van der Waals surface area contributed by atoms with Gasteiger partial charge in [0, 0.05) is 31.5 Å². The lowest BCUT2D eigenvalue weighted by molar-refractivity contribution is -0.139. The molecule has 2 rings (SSSR count). The van der Waals surface area contributed by atoms with Crippen molar-refractivity contribution in [1.82, 2.24) is 10.2 Å². The first-order valence-corrected chi connectivity index (χ1v) is 23.8. The number of hydrogen-bond donors (Lipinski definition) is 12. The number of ether oxygens (including phenoxy) is 1. The highest BCUT2D eigenvalue weighted by Gasteiger charge is 2.37. The molecule has 1 aromatic rings. The highest BCUT2D eigenvalue weighted by atomic mass is 16.5. The number of carbonyl (C=O) groups excluding carboxylic acids is 3. The highest BCUT2D eigenvalue weighted by Crippen LogP contribution is 2.26. The number of imide groups is 1. The van der Waals surface area contributed by atoms with Gasteiger partial charge in [-0.25, -0.2) is 0 Å². The number of amides is 3. The number of allylic oxidation sites excluding steroid dienone is 1. The lowest BCUT2D eigenvalue weighted by Gasteiger charge is -2.24. The zero-order chi connectivity index (χ0) is 49.2. The van der Waals surface area contributed by atoms with Gasteiger partial charge in [0.25, 0.3) is 11.8 Å². The molecule has 1 heterocycles. The van der Waals surface area contributed by atoms with Gasteiger partial charge in [-0.2, -0.15) is 0 Å². The van der Waals surface area contributed by atoms with Crippen LogP contribution in [0.2, 0.25) is 0 Å². The third-order valence-electron chi connectivity index (χ3n) is 12.0. The lowest BCUT2D eigenvalue weighted by atomic mass is 9.94. The largest absolute Gasteiger partial charge is 0.499 e. The monoisotopic (exact) mass is 939 g/mol. The van der Waals surface area contributed by atoms with E-state index in [0.29, 0.717) is 30.9 Å². The van der Waals surface area contributed by atoms with Crippen molar-refractivity contribution in [2.75, 3.05) is 13.7 Å². The maximum atomic E-state index is 13.3. The van der Waals surface area contributed by atoms with E-state index >= 15 is 0 Å². The molecule has 1 unspecified atom stereocenters. The van der Waals surface area contributed by atoms with E-state index in [1.165, 1.54) is 18.1 Å². The molecule has 0 bridgehead atoms. The first-order valence-electron chi connectivity index (χ1n) is 23.8. The van der Waals surface area contributed by atoms with Gasteiger partial charge in [-0.15, -0.1) is 0 Å². The Balaban J connectivity index is 1.56. The van der Waals surface area contributed by atoms with Crippen LogP contribution in [-0.4, -0.2) is 166 Å². The fraction of sp³-hybridized carbons (Fsp3) is 0.735. The Bertz CT molecular complexity index is 1570. The molecular weight excluding hydrogens is 857 g/mol. The smallest absolute Gasteiger partial charge is 0.257 e. The van der Waals surface area contributed by atoms with Crippen LogP contribution in [0.5, 0.6) is 0 Å². The summed E-state index contributed by atoms with van der Waals surface area (Å²) in [4.78, 5) is 37.6. The predicted molar refractivity (Wildman–Crippen MR) is 247 cm³/mol. The maximum Gasteiger partial charge on any atom is 0.257 e. The Morgan fingerprint density at radius 1 is 0.636 bits per heavy atom. The molecule has 0 aliphatic carbocycles. The fourth-order valence-electron chi connectivity index (χ4n) is 8.84. The summed E-state index contributed by atoms with van der Waals surface area (Å²) in [5.74, 6) is 0.103. The number of carbonyl (C=O) groups is 3. The summed E-state index contributed by atoms with van der Waals surface area (Å²) in [7, 11) is 1.51. The first kappa shape index (κ1) is 58.8. The highest BCUT2D eigenvalue weighted by molar-refractivity contribution is 6.08. The molecule has 1 aliphatic heterocycles. The molecule has 1 aliphatic rings. The van der Waals surface area contributed by atoms with Crippen molar-refractivity contribution in [2.45, 2.75) is 209 Å². The van der Waals surface area contributed by atoms with E-state index in [1.54, 1.807) is 6.08 Å². The summed E-state index contributed by atoms with van der Waals surface area (Å²) in [6.07, 6.45) is -2.46. The molecule has 3 amide bonds. The fourth-order valence-corrected chi connectivity index (χ4v) is 8.84. The van der Waals surface area contributed by atoms with Crippen LogP contribution in [0, 0.1) is 5.92 Å². The molecule has 12 N–H and O–H groups in total. The number of nitrogens with zero attached hydrogens (tertiary/aromatic N) is 1. The van der Waals surface area contributed by atoms with Gasteiger partial charge in [0.1, 0.15) is 11.8 Å². The maximum absolute atomic E-state index is 13.3. The lowest BCUT2D eigenvalue weighted by Crippen LogP contribution is -2.41. The van der Waals surface area contributed by atoms with Crippen molar-refractivity contribution in [3.63, 3.8) is 0 Å². The normalized spacial score (nSPS) is 20.0. The van der Waals surface area contributed by atoms with Crippen molar-refractivity contribution in [1.29, 1.82) is 0 Å². The van der Waals surface area contributed by atoms with Gasteiger partial charge in [0.2, 0.25) is 6.41 Å². The summed E-state index contributed by atoms with van der Waals surface area (Å²) in [6.45, 7) is 4.01. The number of rotatable bonds is 37. The van der Waals surface area contributed by atoms with Gasteiger partial charge >= 0.3 is 0 Å². The van der Waals surface area contributed by atoms with Crippen LogP contribution in [0.15, 0.2) is 53.8 Å². The van der Waals surface area contributed by atoms with Crippen LogP contribution < -0.4 is 5.32 Å². The minimum atomic E-state index is -1.18. The average molecular weight is 939 g/mol. The standard InChI is InChI=1S/C49H82N2O15/c1-32(16-33(2)17-48(64)51-46(47(66-3)29-49(51)65)18-34-13-9-7-10-14-34)12-8-5-4-6-11-15-35(53)19-36(54)20-37(55)21-38(56)22-39(57)23-40(58)24-41(59)25-42(60)26-43(61)27-44(62)28-45(63)30-50-31-52/h7,9-10,13-14,17,29,31-32,35-46,53-63H,4-6,8,11-12,15-16,18-28,30H2,1-3H3,(H,50,52)/b33-17-/t32?,35-,36+,37+,38+,39+,40+,41+,42+,43+,44+,45-,46-/m0/s1. The Morgan fingerprint density at radius 3 is 1.48 bits per heavy atom. The quantitative estimate of drug-likeness (QED) is 0.0257. The first-order chi connectivity index (χ1) is 31.3. The van der Waals surface area contributed by atoms with Gasteiger partial charge in [-0.05, 0) is 89.0 Å². The Hall–Kier alpha value is -3.33. The molecular formula is C49H82N2O15. The number of aliphatic hydroxyl groups is 11. The summed E-state index contributed by atoms with van der Waals surface area (Å²) < 4.78 is 5.45. The molecule has 0 saturated carbocycles. The average Bonchev–Trinajstić information content (AvgIpc) is 3.53. The minimum absolute atomic E-state index is 0.0567. The number of nitrogens with one attached hydrogen (secondary N) is 1. The third kappa shape index (κ3) is 25.2. The zero-order valence-electron chi connectivity index (χ0n) is 39.3. The minimum Gasteiger partial charge on any atom is -0.499 e. The van der Waals surface area contributed by atoms with Gasteiger partial charge < -0.3 is 66.2 Å². The van der Waals surface area contributed by atoms with E-state index in [9.17, 15) is 70.6 Å². The molecule has 0 spiro atoms. The van der Waals surface area contributed by atoms with Crippen molar-refractivity contribution in [2.24, 2.45) is 5.92 Å². The molecule has 17 heteroatoms. The van der Waals surface area contributed by atoms with E-state index < -0.39 is 73.2 Å². The topological polar surface area (TPSA) is 298 Å². The second-order valence-corrected chi connectivity index (χ2v) is 18.7. The number of benzene rings is 1. The molecule has 1 aromatic carbocycles. The van der Waals surface area contributed by atoms with Crippen molar-refractivity contribution < 1.29 is 75.3 Å². The molecule has 17 nitrogen and oxygen atoms in total. The van der Waals surface area contributed by atoms with Crippen LogP contribution in [0.25, 0.3) is 0 Å². The summed E-state index contributed by atoms with van der Waals surface area (Å²) in [5.41, 5.74) is 1.91. The van der Waals surface area contributed by atoms with E-state index in [1.807, 2.05) is 37.3 Å². The molecule has 0 fully saturated rings. The van der Waals surface area contributed by atoms with Crippen molar-refractivity contribution in [3.05, 3.63) is 59.4 Å². The van der Waals surface area contributed by atoms with Gasteiger partial charge in [-0.1, -0.05) is 81.4 Å². The number of methoxy groups -OCH3 is 1. The summed E-state index contributed by atoms with van der Waals surface area (Å²) >= 11 is 0. The Kier molecular flexibility index (Phi) is 28.9. The van der Waals surface area contributed by atoms with Crippen LogP contribution in [0.4, 0.5) is 0 Å². The Labute approximate surface area is 390 Å². The molecule has 66 heavy (non-hydrogen) atoms. The third-order valence-corrected chi connectivity index (χ3v) is 12.0. The van der Waals surface area contributed by atoms with Crippen molar-refractivity contribution >= 4 is 18.2 Å². The molecule has 13 atom stereocenters. The summed E-state index contributed by atoms with van der Waals surface area (Å²) in [6, 6.07) is 9.18. The molecule has 378 valence electrons. The number of unbranched alkanes of at least 4 members (excludes halogenated alkanes) is 4. The molecule has 0 aromatic heterocycles. The van der Waals surface area contributed by atoms with E-state index in [4.69, 9.17) is 4.74 Å².